The van der Waals surface area contributed by atoms with E-state index in [4.69, 9.17) is 4.74 Å². The zero-order valence-corrected chi connectivity index (χ0v) is 7.93. The van der Waals surface area contributed by atoms with E-state index in [1.807, 2.05) is 11.8 Å². The van der Waals surface area contributed by atoms with Gasteiger partial charge in [0.15, 0.2) is 0 Å². The van der Waals surface area contributed by atoms with Crippen LogP contribution in [0.15, 0.2) is 29.2 Å². The van der Waals surface area contributed by atoms with Gasteiger partial charge in [0.05, 0.1) is 0 Å². The summed E-state index contributed by atoms with van der Waals surface area (Å²) in [6.07, 6.45) is 2.29. The number of methoxy groups -OCH3 is 1. The Balaban J connectivity index is 2.23. The predicted molar refractivity (Wildman–Crippen MR) is 51.4 cm³/mol. The van der Waals surface area contributed by atoms with Crippen LogP contribution in [0.3, 0.4) is 0 Å². The molecule has 1 aliphatic heterocycles. The van der Waals surface area contributed by atoms with Crippen LogP contribution in [-0.2, 0) is 11.2 Å². The number of hydrogen-bond acceptors (Lipinski definition) is 2. The maximum atomic E-state index is 5.31. The fourth-order valence-electron chi connectivity index (χ4n) is 1.47. The number of thioether (sulfide) groups is 1. The van der Waals surface area contributed by atoms with Gasteiger partial charge in [0, 0.05) is 12.0 Å². The van der Waals surface area contributed by atoms with Gasteiger partial charge in [-0.05, 0) is 24.5 Å². The second kappa shape index (κ2) is 3.50. The van der Waals surface area contributed by atoms with Gasteiger partial charge in [0.1, 0.15) is 5.44 Å². The van der Waals surface area contributed by atoms with Crippen molar-refractivity contribution in [3.63, 3.8) is 0 Å². The second-order valence-corrected chi connectivity index (χ2v) is 4.13. The van der Waals surface area contributed by atoms with Gasteiger partial charge in [-0.25, -0.2) is 0 Å². The molecule has 0 N–H and O–H groups in total. The monoisotopic (exact) mass is 180 g/mol. The summed E-state index contributed by atoms with van der Waals surface area (Å²) in [6.45, 7) is 0. The predicted octanol–water partition coefficient (Wildman–Crippen LogP) is 2.70. The number of benzene rings is 1. The first-order chi connectivity index (χ1) is 5.90. The number of rotatable bonds is 1. The van der Waals surface area contributed by atoms with Crippen LogP contribution < -0.4 is 0 Å². The third kappa shape index (κ3) is 1.50. The number of aryl methyl sites for hydroxylation is 1. The van der Waals surface area contributed by atoms with E-state index >= 15 is 0 Å². The summed E-state index contributed by atoms with van der Waals surface area (Å²) >= 11 is 1.83. The highest BCUT2D eigenvalue weighted by Gasteiger charge is 2.17. The second-order valence-electron chi connectivity index (χ2n) is 2.93. The average Bonchev–Trinajstić information content (AvgIpc) is 2.17. The molecule has 0 spiro atoms. The molecular weight excluding hydrogens is 168 g/mol. The molecule has 2 heteroatoms. The van der Waals surface area contributed by atoms with Crippen LogP contribution in [0.5, 0.6) is 0 Å². The Morgan fingerprint density at radius 2 is 2.25 bits per heavy atom. The lowest BCUT2D eigenvalue weighted by molar-refractivity contribution is 0.164. The summed E-state index contributed by atoms with van der Waals surface area (Å²) in [5.41, 5.74) is 1.83. The molecule has 0 aromatic heterocycles. The summed E-state index contributed by atoms with van der Waals surface area (Å²) in [5, 5.41) is 0. The molecule has 1 aliphatic rings. The molecule has 0 amide bonds. The van der Waals surface area contributed by atoms with Crippen molar-refractivity contribution in [3.8, 4) is 0 Å². The van der Waals surface area contributed by atoms with Gasteiger partial charge in [-0.15, -0.1) is 0 Å². The largest absolute Gasteiger partial charge is 0.370 e. The lowest BCUT2D eigenvalue weighted by Crippen LogP contribution is -2.12. The molecule has 0 radical (unpaired) electrons. The molecule has 0 bridgehead atoms. The Labute approximate surface area is 77.1 Å². The van der Waals surface area contributed by atoms with Crippen molar-refractivity contribution in [1.29, 1.82) is 0 Å². The quantitative estimate of drug-likeness (QED) is 0.657. The van der Waals surface area contributed by atoms with Crippen LogP contribution in [0.2, 0.25) is 0 Å². The number of fused-ring (bicyclic) bond motifs is 1. The first-order valence-corrected chi connectivity index (χ1v) is 5.05. The molecule has 1 heterocycles. The van der Waals surface area contributed by atoms with Gasteiger partial charge in [0.25, 0.3) is 0 Å². The van der Waals surface area contributed by atoms with E-state index in [0.717, 1.165) is 12.8 Å². The molecule has 0 fully saturated rings. The average molecular weight is 180 g/mol. The molecule has 1 nitrogen and oxygen atoms in total. The lowest BCUT2D eigenvalue weighted by Gasteiger charge is -2.22. The Morgan fingerprint density at radius 3 is 3.08 bits per heavy atom. The zero-order chi connectivity index (χ0) is 8.39. The van der Waals surface area contributed by atoms with Crippen LogP contribution in [0.1, 0.15) is 12.0 Å². The maximum Gasteiger partial charge on any atom is 0.107 e. The summed E-state index contributed by atoms with van der Waals surface area (Å²) < 4.78 is 5.31. The molecule has 12 heavy (non-hydrogen) atoms. The fraction of sp³-hybridized carbons (Fsp3) is 0.400. The Morgan fingerprint density at radius 1 is 1.42 bits per heavy atom. The molecule has 1 atom stereocenters. The maximum absolute atomic E-state index is 5.31. The van der Waals surface area contributed by atoms with Crippen molar-refractivity contribution in [2.75, 3.05) is 7.11 Å². The van der Waals surface area contributed by atoms with Gasteiger partial charge in [0.2, 0.25) is 0 Å². The van der Waals surface area contributed by atoms with Crippen LogP contribution in [-0.4, -0.2) is 12.5 Å². The van der Waals surface area contributed by atoms with Crippen LogP contribution in [0.25, 0.3) is 0 Å². The van der Waals surface area contributed by atoms with Crippen molar-refractivity contribution < 1.29 is 4.74 Å². The minimum atomic E-state index is 0.361. The molecular formula is C10H12OS. The minimum absolute atomic E-state index is 0.361. The molecule has 0 saturated heterocycles. The third-order valence-corrected chi connectivity index (χ3v) is 3.49. The van der Waals surface area contributed by atoms with Crippen molar-refractivity contribution in [1.82, 2.24) is 0 Å². The fourth-order valence-corrected chi connectivity index (χ4v) is 2.56. The van der Waals surface area contributed by atoms with E-state index in [1.165, 1.54) is 10.5 Å². The van der Waals surface area contributed by atoms with E-state index in [0.29, 0.717) is 5.44 Å². The van der Waals surface area contributed by atoms with E-state index in [1.54, 1.807) is 7.11 Å². The smallest absolute Gasteiger partial charge is 0.107 e. The van der Waals surface area contributed by atoms with Crippen LogP contribution >= 0.6 is 11.8 Å². The first kappa shape index (κ1) is 8.14. The van der Waals surface area contributed by atoms with E-state index in [2.05, 4.69) is 24.3 Å². The summed E-state index contributed by atoms with van der Waals surface area (Å²) in [6, 6.07) is 8.57. The van der Waals surface area contributed by atoms with Crippen LogP contribution in [0, 0.1) is 0 Å². The van der Waals surface area contributed by atoms with Crippen LogP contribution in [0.4, 0.5) is 0 Å². The Hall–Kier alpha value is -0.470. The highest BCUT2D eigenvalue weighted by atomic mass is 32.2. The SMILES string of the molecule is COC1CCc2ccccc2S1. The van der Waals surface area contributed by atoms with Crippen molar-refractivity contribution in [3.05, 3.63) is 29.8 Å². The molecule has 1 aromatic rings. The van der Waals surface area contributed by atoms with Crippen molar-refractivity contribution in [2.24, 2.45) is 0 Å². The zero-order valence-electron chi connectivity index (χ0n) is 7.12. The first-order valence-electron chi connectivity index (χ1n) is 4.17. The molecule has 0 aliphatic carbocycles. The summed E-state index contributed by atoms with van der Waals surface area (Å²) in [5.74, 6) is 0. The molecule has 2 rings (SSSR count). The Kier molecular flexibility index (Phi) is 2.38. The summed E-state index contributed by atoms with van der Waals surface area (Å²) in [4.78, 5) is 1.38. The van der Waals surface area contributed by atoms with E-state index in [9.17, 15) is 0 Å². The van der Waals surface area contributed by atoms with Gasteiger partial charge in [-0.2, -0.15) is 0 Å². The van der Waals surface area contributed by atoms with E-state index < -0.39 is 0 Å². The van der Waals surface area contributed by atoms with Gasteiger partial charge in [-0.1, -0.05) is 30.0 Å². The topological polar surface area (TPSA) is 9.23 Å². The number of ether oxygens (including phenoxy) is 1. The molecule has 1 aromatic carbocycles. The molecule has 64 valence electrons. The van der Waals surface area contributed by atoms with E-state index in [-0.39, 0.29) is 0 Å². The van der Waals surface area contributed by atoms with Gasteiger partial charge in [-0.3, -0.25) is 0 Å². The highest BCUT2D eigenvalue weighted by molar-refractivity contribution is 7.99. The van der Waals surface area contributed by atoms with Gasteiger partial charge >= 0.3 is 0 Å². The minimum Gasteiger partial charge on any atom is -0.370 e. The van der Waals surface area contributed by atoms with Crippen molar-refractivity contribution >= 4 is 11.8 Å². The summed E-state index contributed by atoms with van der Waals surface area (Å²) in [7, 11) is 1.78. The molecule has 1 unspecified atom stereocenters. The third-order valence-electron chi connectivity index (χ3n) is 2.14. The molecule has 0 saturated carbocycles. The standard InChI is InChI=1S/C10H12OS/c1-11-10-7-6-8-4-2-3-5-9(8)12-10/h2-5,10H,6-7H2,1H3. The van der Waals surface area contributed by atoms with Crippen molar-refractivity contribution in [2.45, 2.75) is 23.2 Å². The highest BCUT2D eigenvalue weighted by Crippen LogP contribution is 2.34. The lowest BCUT2D eigenvalue weighted by atomic mass is 10.1. The van der Waals surface area contributed by atoms with Gasteiger partial charge < -0.3 is 4.74 Å². The number of hydrogen-bond donors (Lipinski definition) is 0. The Bertz CT molecular complexity index is 272. The normalized spacial score (nSPS) is 21.9.